The van der Waals surface area contributed by atoms with Crippen molar-refractivity contribution >= 4 is 18.1 Å². The number of nitrogens with one attached hydrogen (secondary N) is 1. The molecule has 3 rings (SSSR count). The summed E-state index contributed by atoms with van der Waals surface area (Å²) < 4.78 is 2.19. The number of amides is 1. The topological polar surface area (TPSA) is 53.9 Å². The molecule has 0 unspecified atom stereocenters. The van der Waals surface area contributed by atoms with Gasteiger partial charge in [0.1, 0.15) is 6.54 Å². The first-order valence-electron chi connectivity index (χ1n) is 8.05. The molecule has 0 aliphatic rings. The Morgan fingerprint density at radius 2 is 1.96 bits per heavy atom. The summed E-state index contributed by atoms with van der Waals surface area (Å²) in [5.41, 5.74) is 3.16. The van der Waals surface area contributed by atoms with Gasteiger partial charge in [0.15, 0.2) is 10.6 Å². The van der Waals surface area contributed by atoms with Gasteiger partial charge in [-0.1, -0.05) is 54.1 Å². The molecule has 25 heavy (non-hydrogen) atoms. The Hall–Kier alpha value is -2.73. The van der Waals surface area contributed by atoms with Crippen LogP contribution in [0.1, 0.15) is 11.1 Å². The van der Waals surface area contributed by atoms with E-state index in [1.54, 1.807) is 16.5 Å². The standard InChI is InChI=1S/C19H20N4OS/c1-14-7-6-10-16(11-14)18-20-21-19(25)23(18)13-17(24)22(2)12-15-8-4-3-5-9-15/h3-11H,12-13H2,1-2H3,(H,21,25). The number of hydrogen-bond donors (Lipinski definition) is 1. The van der Waals surface area contributed by atoms with Gasteiger partial charge in [-0.3, -0.25) is 14.5 Å². The maximum atomic E-state index is 12.6. The summed E-state index contributed by atoms with van der Waals surface area (Å²) >= 11 is 5.31. The van der Waals surface area contributed by atoms with E-state index >= 15 is 0 Å². The molecule has 0 saturated carbocycles. The van der Waals surface area contributed by atoms with Crippen LogP contribution in [0.3, 0.4) is 0 Å². The molecule has 1 amide bonds. The van der Waals surface area contributed by atoms with Crippen LogP contribution in [-0.2, 0) is 17.9 Å². The van der Waals surface area contributed by atoms with E-state index in [1.165, 1.54) is 0 Å². The lowest BCUT2D eigenvalue weighted by molar-refractivity contribution is -0.131. The second-order valence-electron chi connectivity index (χ2n) is 6.04. The molecule has 3 aromatic rings. The molecule has 6 heteroatoms. The zero-order valence-electron chi connectivity index (χ0n) is 14.3. The van der Waals surface area contributed by atoms with Gasteiger partial charge in [-0.2, -0.15) is 5.10 Å². The average Bonchev–Trinajstić information content (AvgIpc) is 2.96. The van der Waals surface area contributed by atoms with Gasteiger partial charge in [0, 0.05) is 19.2 Å². The fourth-order valence-corrected chi connectivity index (χ4v) is 2.87. The maximum absolute atomic E-state index is 12.6. The number of aromatic nitrogens is 3. The number of carbonyl (C=O) groups is 1. The van der Waals surface area contributed by atoms with Crippen molar-refractivity contribution in [3.63, 3.8) is 0 Å². The summed E-state index contributed by atoms with van der Waals surface area (Å²) in [6.45, 7) is 2.74. The van der Waals surface area contributed by atoms with E-state index in [-0.39, 0.29) is 12.5 Å². The van der Waals surface area contributed by atoms with Crippen LogP contribution in [0.2, 0.25) is 0 Å². The van der Waals surface area contributed by atoms with Crippen LogP contribution >= 0.6 is 12.2 Å². The van der Waals surface area contributed by atoms with Crippen LogP contribution in [0.5, 0.6) is 0 Å². The highest BCUT2D eigenvalue weighted by Crippen LogP contribution is 2.18. The summed E-state index contributed by atoms with van der Waals surface area (Å²) in [5.74, 6) is 0.658. The van der Waals surface area contributed by atoms with Gasteiger partial charge in [0.05, 0.1) is 0 Å². The summed E-state index contributed by atoms with van der Waals surface area (Å²) in [4.78, 5) is 14.3. The van der Waals surface area contributed by atoms with Crippen LogP contribution in [-0.4, -0.2) is 32.6 Å². The number of rotatable bonds is 5. The van der Waals surface area contributed by atoms with Gasteiger partial charge in [0.2, 0.25) is 5.91 Å². The molecule has 0 atom stereocenters. The minimum atomic E-state index is -0.0183. The van der Waals surface area contributed by atoms with Crippen molar-refractivity contribution in [2.75, 3.05) is 7.05 Å². The van der Waals surface area contributed by atoms with Gasteiger partial charge < -0.3 is 4.90 Å². The van der Waals surface area contributed by atoms with E-state index < -0.39 is 0 Å². The van der Waals surface area contributed by atoms with Crippen molar-refractivity contribution in [2.24, 2.45) is 0 Å². The SMILES string of the molecule is Cc1cccc(-c2n[nH]c(=S)n2CC(=O)N(C)Cc2ccccc2)c1. The molecule has 0 aliphatic carbocycles. The Balaban J connectivity index is 1.80. The van der Waals surface area contributed by atoms with Gasteiger partial charge >= 0.3 is 0 Å². The summed E-state index contributed by atoms with van der Waals surface area (Å²) in [5, 5.41) is 7.09. The zero-order valence-corrected chi connectivity index (χ0v) is 15.1. The third-order valence-corrected chi connectivity index (χ3v) is 4.33. The van der Waals surface area contributed by atoms with E-state index in [4.69, 9.17) is 12.2 Å². The Morgan fingerprint density at radius 3 is 2.68 bits per heavy atom. The fraction of sp³-hybridized carbons (Fsp3) is 0.211. The summed E-state index contributed by atoms with van der Waals surface area (Å²) in [6.07, 6.45) is 0. The quantitative estimate of drug-likeness (QED) is 0.714. The third kappa shape index (κ3) is 4.03. The first kappa shape index (κ1) is 17.1. The maximum Gasteiger partial charge on any atom is 0.242 e. The number of hydrogen-bond acceptors (Lipinski definition) is 3. The normalized spacial score (nSPS) is 10.6. The first-order valence-corrected chi connectivity index (χ1v) is 8.45. The van der Waals surface area contributed by atoms with Crippen molar-refractivity contribution in [3.05, 3.63) is 70.5 Å². The van der Waals surface area contributed by atoms with Crippen LogP contribution in [0, 0.1) is 11.7 Å². The molecular weight excluding hydrogens is 332 g/mol. The Kier molecular flexibility index (Phi) is 5.09. The number of aromatic amines is 1. The highest BCUT2D eigenvalue weighted by molar-refractivity contribution is 7.71. The minimum Gasteiger partial charge on any atom is -0.340 e. The smallest absolute Gasteiger partial charge is 0.242 e. The predicted molar refractivity (Wildman–Crippen MR) is 101 cm³/mol. The van der Waals surface area contributed by atoms with Crippen molar-refractivity contribution in [3.8, 4) is 11.4 Å². The van der Waals surface area contributed by atoms with Gasteiger partial charge in [0.25, 0.3) is 0 Å². The third-order valence-electron chi connectivity index (χ3n) is 4.02. The van der Waals surface area contributed by atoms with Crippen molar-refractivity contribution in [1.29, 1.82) is 0 Å². The van der Waals surface area contributed by atoms with Crippen LogP contribution in [0.15, 0.2) is 54.6 Å². The number of H-pyrrole nitrogens is 1. The molecule has 0 aliphatic heterocycles. The van der Waals surface area contributed by atoms with Crippen molar-refractivity contribution in [2.45, 2.75) is 20.0 Å². The molecule has 2 aromatic carbocycles. The predicted octanol–water partition coefficient (Wildman–Crippen LogP) is 3.57. The van der Waals surface area contributed by atoms with E-state index in [0.717, 1.165) is 16.7 Å². The molecule has 0 spiro atoms. The molecule has 0 radical (unpaired) electrons. The highest BCUT2D eigenvalue weighted by atomic mass is 32.1. The largest absolute Gasteiger partial charge is 0.340 e. The zero-order chi connectivity index (χ0) is 17.8. The number of nitrogens with zero attached hydrogens (tertiary/aromatic N) is 3. The summed E-state index contributed by atoms with van der Waals surface area (Å²) in [6, 6.07) is 17.9. The molecule has 1 heterocycles. The lowest BCUT2D eigenvalue weighted by Gasteiger charge is -2.18. The lowest BCUT2D eigenvalue weighted by Crippen LogP contribution is -2.30. The number of likely N-dealkylation sites (N-methyl/N-ethyl adjacent to an activating group) is 1. The fourth-order valence-electron chi connectivity index (χ4n) is 2.67. The first-order chi connectivity index (χ1) is 12.0. The van der Waals surface area contributed by atoms with E-state index in [2.05, 4.69) is 10.2 Å². The number of carbonyl (C=O) groups excluding carboxylic acids is 1. The molecule has 128 valence electrons. The van der Waals surface area contributed by atoms with E-state index in [1.807, 2.05) is 61.5 Å². The Morgan fingerprint density at radius 1 is 1.20 bits per heavy atom. The average molecular weight is 352 g/mol. The molecule has 0 fully saturated rings. The van der Waals surface area contributed by atoms with Crippen LogP contribution < -0.4 is 0 Å². The molecule has 1 N–H and O–H groups in total. The van der Waals surface area contributed by atoms with Crippen molar-refractivity contribution in [1.82, 2.24) is 19.7 Å². The second kappa shape index (κ2) is 7.44. The lowest BCUT2D eigenvalue weighted by atomic mass is 10.1. The second-order valence-corrected chi connectivity index (χ2v) is 6.43. The Labute approximate surface area is 151 Å². The van der Waals surface area contributed by atoms with Crippen LogP contribution in [0.4, 0.5) is 0 Å². The molecule has 0 bridgehead atoms. The van der Waals surface area contributed by atoms with Gasteiger partial charge in [-0.15, -0.1) is 0 Å². The monoisotopic (exact) mass is 352 g/mol. The van der Waals surface area contributed by atoms with Gasteiger partial charge in [-0.25, -0.2) is 0 Å². The molecule has 5 nitrogen and oxygen atoms in total. The number of benzene rings is 2. The molecule has 1 aromatic heterocycles. The van der Waals surface area contributed by atoms with Crippen LogP contribution in [0.25, 0.3) is 11.4 Å². The minimum absolute atomic E-state index is 0.0183. The van der Waals surface area contributed by atoms with E-state index in [0.29, 0.717) is 17.1 Å². The molecular formula is C19H20N4OS. The number of aryl methyl sites for hydroxylation is 1. The highest BCUT2D eigenvalue weighted by Gasteiger charge is 2.15. The van der Waals surface area contributed by atoms with E-state index in [9.17, 15) is 4.79 Å². The Bertz CT molecular complexity index is 930. The summed E-state index contributed by atoms with van der Waals surface area (Å²) in [7, 11) is 1.80. The molecule has 0 saturated heterocycles. The van der Waals surface area contributed by atoms with Gasteiger partial charge in [-0.05, 0) is 30.8 Å². The van der Waals surface area contributed by atoms with Crippen molar-refractivity contribution < 1.29 is 4.79 Å².